The molecule has 0 saturated carbocycles. The van der Waals surface area contributed by atoms with Crippen molar-refractivity contribution < 1.29 is 14.3 Å². The molecule has 1 heterocycles. The van der Waals surface area contributed by atoms with E-state index in [0.29, 0.717) is 17.9 Å². The van der Waals surface area contributed by atoms with E-state index in [1.165, 1.54) is 0 Å². The van der Waals surface area contributed by atoms with E-state index in [4.69, 9.17) is 4.74 Å². The number of nitrogens with zero attached hydrogens (tertiary/aromatic N) is 1. The Hall–Kier alpha value is -2.50. The number of amides is 2. The maximum Gasteiger partial charge on any atom is 0.338 e. The molecular weight excluding hydrogens is 330 g/mol. The number of hydrogen-bond acceptors (Lipinski definition) is 4. The molecule has 2 N–H and O–H groups in total. The topological polar surface area (TPSA) is 70.7 Å². The summed E-state index contributed by atoms with van der Waals surface area (Å²) in [5.41, 5.74) is 2.89. The minimum atomic E-state index is -0.511. The number of allylic oxidation sites excluding steroid dienone is 1. The average molecular weight is 359 g/mol. The summed E-state index contributed by atoms with van der Waals surface area (Å²) in [4.78, 5) is 26.5. The molecule has 142 valence electrons. The first-order chi connectivity index (χ1) is 12.4. The van der Waals surface area contributed by atoms with Gasteiger partial charge in [0.1, 0.15) is 0 Å². The first-order valence-electron chi connectivity index (χ1n) is 9.16. The summed E-state index contributed by atoms with van der Waals surface area (Å²) in [6.07, 6.45) is 4.18. The monoisotopic (exact) mass is 359 g/mol. The highest BCUT2D eigenvalue weighted by atomic mass is 16.5. The van der Waals surface area contributed by atoms with Crippen LogP contribution in [-0.4, -0.2) is 32.7 Å². The second-order valence-corrected chi connectivity index (χ2v) is 6.75. The minimum Gasteiger partial charge on any atom is -0.462 e. The van der Waals surface area contributed by atoms with E-state index in [2.05, 4.69) is 17.6 Å². The van der Waals surface area contributed by atoms with Crippen molar-refractivity contribution in [2.75, 3.05) is 25.6 Å². The predicted octanol–water partition coefficient (Wildman–Crippen LogP) is 3.50. The van der Waals surface area contributed by atoms with Gasteiger partial charge in [0.05, 0.1) is 18.2 Å². The lowest BCUT2D eigenvalue weighted by Gasteiger charge is -2.28. The van der Waals surface area contributed by atoms with Gasteiger partial charge in [-0.3, -0.25) is 0 Å². The van der Waals surface area contributed by atoms with Crippen molar-refractivity contribution in [1.29, 1.82) is 0 Å². The highest BCUT2D eigenvalue weighted by molar-refractivity contribution is 5.95. The van der Waals surface area contributed by atoms with Crippen LogP contribution in [0, 0.1) is 0 Å². The van der Waals surface area contributed by atoms with E-state index < -0.39 is 6.04 Å². The summed E-state index contributed by atoms with van der Waals surface area (Å²) in [7, 11) is 3.93. The summed E-state index contributed by atoms with van der Waals surface area (Å²) in [5, 5.41) is 5.50. The first kappa shape index (κ1) is 19.8. The molecule has 2 amide bonds. The SMILES string of the molecule is CCCCCCOC(=O)C1=C(C)NC(=O)N[C@@H]1c1ccc(N(C)C)cc1. The van der Waals surface area contributed by atoms with Crippen LogP contribution < -0.4 is 15.5 Å². The second kappa shape index (κ2) is 9.27. The molecule has 6 nitrogen and oxygen atoms in total. The first-order valence-corrected chi connectivity index (χ1v) is 9.16. The van der Waals surface area contributed by atoms with Crippen LogP contribution in [-0.2, 0) is 9.53 Å². The molecule has 1 aliphatic heterocycles. The Bertz CT molecular complexity index is 665. The van der Waals surface area contributed by atoms with Gasteiger partial charge < -0.3 is 20.3 Å². The number of urea groups is 1. The van der Waals surface area contributed by atoms with Crippen molar-refractivity contribution in [3.05, 3.63) is 41.1 Å². The smallest absolute Gasteiger partial charge is 0.338 e. The van der Waals surface area contributed by atoms with Gasteiger partial charge in [0.15, 0.2) is 0 Å². The van der Waals surface area contributed by atoms with Gasteiger partial charge in [0.2, 0.25) is 0 Å². The average Bonchev–Trinajstić information content (AvgIpc) is 2.60. The highest BCUT2D eigenvalue weighted by Gasteiger charge is 2.32. The minimum absolute atomic E-state index is 0.316. The zero-order valence-corrected chi connectivity index (χ0v) is 16.1. The molecule has 0 bridgehead atoms. The van der Waals surface area contributed by atoms with Crippen molar-refractivity contribution in [1.82, 2.24) is 10.6 Å². The molecule has 26 heavy (non-hydrogen) atoms. The lowest BCUT2D eigenvalue weighted by molar-refractivity contribution is -0.139. The van der Waals surface area contributed by atoms with E-state index in [-0.39, 0.29) is 12.0 Å². The number of rotatable bonds is 8. The van der Waals surface area contributed by atoms with Crippen molar-refractivity contribution in [2.45, 2.75) is 45.6 Å². The number of anilines is 1. The van der Waals surface area contributed by atoms with Gasteiger partial charge >= 0.3 is 12.0 Å². The second-order valence-electron chi connectivity index (χ2n) is 6.75. The zero-order valence-electron chi connectivity index (χ0n) is 16.1. The van der Waals surface area contributed by atoms with Crippen molar-refractivity contribution in [2.24, 2.45) is 0 Å². The summed E-state index contributed by atoms with van der Waals surface area (Å²) < 4.78 is 5.45. The predicted molar refractivity (Wildman–Crippen MR) is 103 cm³/mol. The fourth-order valence-electron chi connectivity index (χ4n) is 2.95. The molecule has 0 unspecified atom stereocenters. The number of hydrogen-bond donors (Lipinski definition) is 2. The van der Waals surface area contributed by atoms with Crippen molar-refractivity contribution in [3.8, 4) is 0 Å². The summed E-state index contributed by atoms with van der Waals surface area (Å²) in [6, 6.07) is 6.95. The van der Waals surface area contributed by atoms with E-state index in [0.717, 1.165) is 36.9 Å². The standard InChI is InChI=1S/C20H29N3O3/c1-5-6-7-8-13-26-19(24)17-14(2)21-20(25)22-18(17)15-9-11-16(12-10-15)23(3)4/h9-12,18H,5-8,13H2,1-4H3,(H2,21,22,25)/t18-/m1/s1. The van der Waals surface area contributed by atoms with Gasteiger partial charge in [-0.2, -0.15) is 0 Å². The third-order valence-electron chi connectivity index (χ3n) is 4.46. The maximum absolute atomic E-state index is 12.6. The van der Waals surface area contributed by atoms with Gasteiger partial charge in [0.25, 0.3) is 0 Å². The molecule has 0 radical (unpaired) electrons. The molecule has 1 aromatic rings. The molecule has 0 fully saturated rings. The van der Waals surface area contributed by atoms with Gasteiger partial charge in [-0.25, -0.2) is 9.59 Å². The van der Waals surface area contributed by atoms with Crippen molar-refractivity contribution >= 4 is 17.7 Å². The molecule has 0 aromatic heterocycles. The number of carbonyl (C=O) groups excluding carboxylic acids is 2. The largest absolute Gasteiger partial charge is 0.462 e. The van der Waals surface area contributed by atoms with Crippen LogP contribution >= 0.6 is 0 Å². The Morgan fingerprint density at radius 1 is 1.15 bits per heavy atom. The van der Waals surface area contributed by atoms with Gasteiger partial charge in [-0.05, 0) is 31.0 Å². The zero-order chi connectivity index (χ0) is 19.1. The molecule has 6 heteroatoms. The number of ether oxygens (including phenoxy) is 1. The number of carbonyl (C=O) groups is 2. The fourth-order valence-corrected chi connectivity index (χ4v) is 2.95. The van der Waals surface area contributed by atoms with Crippen LogP contribution in [0.2, 0.25) is 0 Å². The number of esters is 1. The van der Waals surface area contributed by atoms with Crippen LogP contribution in [0.4, 0.5) is 10.5 Å². The number of nitrogens with one attached hydrogen (secondary N) is 2. The Morgan fingerprint density at radius 2 is 1.85 bits per heavy atom. The van der Waals surface area contributed by atoms with Gasteiger partial charge in [-0.1, -0.05) is 38.3 Å². The third kappa shape index (κ3) is 5.00. The highest BCUT2D eigenvalue weighted by Crippen LogP contribution is 2.28. The third-order valence-corrected chi connectivity index (χ3v) is 4.46. The molecule has 1 aliphatic rings. The number of benzene rings is 1. The van der Waals surface area contributed by atoms with Crippen LogP contribution in [0.1, 0.15) is 51.1 Å². The lowest BCUT2D eigenvalue weighted by Crippen LogP contribution is -2.45. The number of unbranched alkanes of at least 4 members (excludes halogenated alkanes) is 3. The van der Waals surface area contributed by atoms with Crippen LogP contribution in [0.25, 0.3) is 0 Å². The molecule has 0 saturated heterocycles. The molecule has 2 rings (SSSR count). The maximum atomic E-state index is 12.6. The quantitative estimate of drug-likeness (QED) is 0.550. The fraction of sp³-hybridized carbons (Fsp3) is 0.500. The Morgan fingerprint density at radius 3 is 2.46 bits per heavy atom. The summed E-state index contributed by atoms with van der Waals surface area (Å²) >= 11 is 0. The Kier molecular flexibility index (Phi) is 7.06. The van der Waals surface area contributed by atoms with Crippen LogP contribution in [0.3, 0.4) is 0 Å². The molecule has 1 aromatic carbocycles. The van der Waals surface area contributed by atoms with Crippen LogP contribution in [0.15, 0.2) is 35.5 Å². The normalized spacial score (nSPS) is 16.8. The van der Waals surface area contributed by atoms with E-state index >= 15 is 0 Å². The van der Waals surface area contributed by atoms with Crippen molar-refractivity contribution in [3.63, 3.8) is 0 Å². The molecule has 0 aliphatic carbocycles. The van der Waals surface area contributed by atoms with Gasteiger partial charge in [-0.15, -0.1) is 0 Å². The lowest BCUT2D eigenvalue weighted by atomic mass is 9.95. The molecule has 1 atom stereocenters. The molecule has 0 spiro atoms. The Balaban J connectivity index is 2.15. The van der Waals surface area contributed by atoms with E-state index in [1.54, 1.807) is 6.92 Å². The summed E-state index contributed by atoms with van der Waals surface area (Å²) in [5.74, 6) is -0.381. The van der Waals surface area contributed by atoms with Gasteiger partial charge in [0, 0.05) is 25.5 Å². The molecular formula is C20H29N3O3. The Labute approximate surface area is 155 Å². The summed E-state index contributed by atoms with van der Waals surface area (Å²) in [6.45, 7) is 4.27. The van der Waals surface area contributed by atoms with Crippen LogP contribution in [0.5, 0.6) is 0 Å². The van der Waals surface area contributed by atoms with E-state index in [9.17, 15) is 9.59 Å². The van der Waals surface area contributed by atoms with E-state index in [1.807, 2.05) is 43.3 Å².